The second kappa shape index (κ2) is 7.01. The predicted molar refractivity (Wildman–Crippen MR) is 79.9 cm³/mol. The summed E-state index contributed by atoms with van der Waals surface area (Å²) < 4.78 is 0. The molecule has 0 aliphatic heterocycles. The minimum absolute atomic E-state index is 0.208. The van der Waals surface area contributed by atoms with E-state index in [-0.39, 0.29) is 6.04 Å². The van der Waals surface area contributed by atoms with Gasteiger partial charge in [-0.25, -0.2) is 0 Å². The van der Waals surface area contributed by atoms with Crippen molar-refractivity contribution in [2.75, 3.05) is 6.54 Å². The van der Waals surface area contributed by atoms with Crippen molar-refractivity contribution >= 4 is 0 Å². The number of unbranched alkanes of at least 4 members (excludes halogenated alkanes) is 1. The highest BCUT2D eigenvalue weighted by Gasteiger charge is 2.36. The van der Waals surface area contributed by atoms with E-state index in [9.17, 15) is 0 Å². The Morgan fingerprint density at radius 1 is 1.32 bits per heavy atom. The van der Waals surface area contributed by atoms with Gasteiger partial charge in [-0.05, 0) is 49.9 Å². The number of aromatic nitrogens is 1. The topological polar surface area (TPSA) is 42.2 Å². The van der Waals surface area contributed by atoms with Crippen molar-refractivity contribution in [3.05, 3.63) is 30.1 Å². The van der Waals surface area contributed by atoms with Gasteiger partial charge in [0.25, 0.3) is 0 Å². The fourth-order valence-electron chi connectivity index (χ4n) is 2.76. The molecule has 1 aromatic heterocycles. The minimum atomic E-state index is 0.208. The molecular formula is C16H27N3. The van der Waals surface area contributed by atoms with Gasteiger partial charge >= 0.3 is 0 Å². The maximum Gasteiger partial charge on any atom is 0.0503 e. The molecule has 1 fully saturated rings. The Hall–Kier alpha value is -0.930. The monoisotopic (exact) mass is 261 g/mol. The zero-order valence-electron chi connectivity index (χ0n) is 12.3. The van der Waals surface area contributed by atoms with Crippen LogP contribution < -0.4 is 5.73 Å². The summed E-state index contributed by atoms with van der Waals surface area (Å²) >= 11 is 0. The molecular weight excluding hydrogens is 234 g/mol. The summed E-state index contributed by atoms with van der Waals surface area (Å²) in [6.07, 6.45) is 9.96. The highest BCUT2D eigenvalue weighted by Crippen LogP contribution is 2.36. The predicted octanol–water partition coefficient (Wildman–Crippen LogP) is 3.12. The van der Waals surface area contributed by atoms with Crippen molar-refractivity contribution in [2.24, 2.45) is 5.73 Å². The van der Waals surface area contributed by atoms with E-state index in [0.29, 0.717) is 6.04 Å². The van der Waals surface area contributed by atoms with Gasteiger partial charge in [-0.3, -0.25) is 9.88 Å². The molecule has 1 heterocycles. The molecule has 0 spiro atoms. The van der Waals surface area contributed by atoms with Crippen LogP contribution in [0.25, 0.3) is 0 Å². The van der Waals surface area contributed by atoms with Crippen LogP contribution in [0.15, 0.2) is 24.5 Å². The van der Waals surface area contributed by atoms with Crippen LogP contribution in [0.5, 0.6) is 0 Å². The lowest BCUT2D eigenvalue weighted by Gasteiger charge is -2.36. The fourth-order valence-corrected chi connectivity index (χ4v) is 2.76. The minimum Gasteiger partial charge on any atom is -0.326 e. The average Bonchev–Trinajstić information content (AvgIpc) is 3.28. The zero-order chi connectivity index (χ0) is 13.7. The van der Waals surface area contributed by atoms with Crippen LogP contribution in [-0.2, 0) is 0 Å². The first-order chi connectivity index (χ1) is 9.27. The number of hydrogen-bond donors (Lipinski definition) is 1. The van der Waals surface area contributed by atoms with Gasteiger partial charge in [0.05, 0.1) is 6.04 Å². The number of pyridine rings is 1. The zero-order valence-corrected chi connectivity index (χ0v) is 12.3. The summed E-state index contributed by atoms with van der Waals surface area (Å²) in [6, 6.07) is 5.57. The molecule has 0 radical (unpaired) electrons. The smallest absolute Gasteiger partial charge is 0.0503 e. The lowest BCUT2D eigenvalue weighted by Crippen LogP contribution is -2.42. The fraction of sp³-hybridized carbons (Fsp3) is 0.688. The molecule has 3 heteroatoms. The summed E-state index contributed by atoms with van der Waals surface area (Å²) in [7, 11) is 0. The Balaban J connectivity index is 2.19. The molecule has 0 amide bonds. The van der Waals surface area contributed by atoms with E-state index >= 15 is 0 Å². The SMILES string of the molecule is CCCCN(C1CC1)C(c1ccncc1)C(N)CC. The third-order valence-corrected chi connectivity index (χ3v) is 4.07. The first-order valence-electron chi connectivity index (χ1n) is 7.69. The van der Waals surface area contributed by atoms with Gasteiger partial charge in [0, 0.05) is 24.5 Å². The molecule has 2 atom stereocenters. The van der Waals surface area contributed by atoms with Gasteiger partial charge < -0.3 is 5.73 Å². The van der Waals surface area contributed by atoms with Crippen molar-refractivity contribution < 1.29 is 0 Å². The van der Waals surface area contributed by atoms with E-state index in [1.807, 2.05) is 12.4 Å². The van der Waals surface area contributed by atoms with Crippen LogP contribution in [-0.4, -0.2) is 28.5 Å². The molecule has 1 aliphatic rings. The molecule has 2 N–H and O–H groups in total. The molecule has 106 valence electrons. The number of nitrogens with two attached hydrogens (primary N) is 1. The van der Waals surface area contributed by atoms with E-state index < -0.39 is 0 Å². The molecule has 19 heavy (non-hydrogen) atoms. The number of nitrogens with zero attached hydrogens (tertiary/aromatic N) is 2. The summed E-state index contributed by atoms with van der Waals surface area (Å²) in [6.45, 7) is 5.61. The summed E-state index contributed by atoms with van der Waals surface area (Å²) in [4.78, 5) is 6.78. The summed E-state index contributed by atoms with van der Waals surface area (Å²) in [5.41, 5.74) is 7.75. The van der Waals surface area contributed by atoms with Gasteiger partial charge in [-0.2, -0.15) is 0 Å². The maximum atomic E-state index is 6.43. The molecule has 0 saturated heterocycles. The van der Waals surface area contributed by atoms with Gasteiger partial charge in [-0.1, -0.05) is 20.3 Å². The molecule has 1 saturated carbocycles. The average molecular weight is 261 g/mol. The molecule has 3 nitrogen and oxygen atoms in total. The van der Waals surface area contributed by atoms with Gasteiger partial charge in [0.15, 0.2) is 0 Å². The van der Waals surface area contributed by atoms with Crippen LogP contribution in [0, 0.1) is 0 Å². The largest absolute Gasteiger partial charge is 0.326 e. The van der Waals surface area contributed by atoms with E-state index in [1.54, 1.807) is 0 Å². The van der Waals surface area contributed by atoms with Crippen LogP contribution in [0.4, 0.5) is 0 Å². The third-order valence-electron chi connectivity index (χ3n) is 4.07. The highest BCUT2D eigenvalue weighted by molar-refractivity contribution is 5.18. The van der Waals surface area contributed by atoms with Gasteiger partial charge in [-0.15, -0.1) is 0 Å². The summed E-state index contributed by atoms with van der Waals surface area (Å²) in [5.74, 6) is 0. The molecule has 1 aromatic rings. The normalized spacial score (nSPS) is 18.5. The van der Waals surface area contributed by atoms with Crippen molar-refractivity contribution in [3.63, 3.8) is 0 Å². The van der Waals surface area contributed by atoms with Crippen LogP contribution >= 0.6 is 0 Å². The van der Waals surface area contributed by atoms with Crippen LogP contribution in [0.3, 0.4) is 0 Å². The Morgan fingerprint density at radius 2 is 2.00 bits per heavy atom. The third kappa shape index (κ3) is 3.77. The van der Waals surface area contributed by atoms with Crippen molar-refractivity contribution in [1.82, 2.24) is 9.88 Å². The van der Waals surface area contributed by atoms with Gasteiger partial charge in [0.1, 0.15) is 0 Å². The first-order valence-corrected chi connectivity index (χ1v) is 7.69. The first kappa shape index (κ1) is 14.5. The molecule has 2 unspecified atom stereocenters. The van der Waals surface area contributed by atoms with E-state index in [4.69, 9.17) is 5.73 Å². The standard InChI is InChI=1S/C16H27N3/c1-3-5-12-19(14-6-7-14)16(15(17)4-2)13-8-10-18-11-9-13/h8-11,14-16H,3-7,12,17H2,1-2H3. The molecule has 1 aliphatic carbocycles. The Morgan fingerprint density at radius 3 is 2.53 bits per heavy atom. The number of hydrogen-bond acceptors (Lipinski definition) is 3. The van der Waals surface area contributed by atoms with Gasteiger partial charge in [0.2, 0.25) is 0 Å². The van der Waals surface area contributed by atoms with Crippen molar-refractivity contribution in [3.8, 4) is 0 Å². The Kier molecular flexibility index (Phi) is 5.34. The quantitative estimate of drug-likeness (QED) is 0.782. The molecule has 2 rings (SSSR count). The lowest BCUT2D eigenvalue weighted by atomic mass is 9.96. The lowest BCUT2D eigenvalue weighted by molar-refractivity contribution is 0.157. The van der Waals surface area contributed by atoms with Crippen molar-refractivity contribution in [1.29, 1.82) is 0 Å². The highest BCUT2D eigenvalue weighted by atomic mass is 15.2. The van der Waals surface area contributed by atoms with Crippen LogP contribution in [0.2, 0.25) is 0 Å². The second-order valence-electron chi connectivity index (χ2n) is 5.62. The second-order valence-corrected chi connectivity index (χ2v) is 5.62. The van der Waals surface area contributed by atoms with E-state index in [0.717, 1.165) is 12.5 Å². The molecule has 0 aromatic carbocycles. The Bertz CT molecular complexity index is 362. The number of rotatable bonds is 8. The Labute approximate surface area is 117 Å². The summed E-state index contributed by atoms with van der Waals surface area (Å²) in [5, 5.41) is 0. The van der Waals surface area contributed by atoms with Crippen LogP contribution in [0.1, 0.15) is 57.6 Å². The maximum absolute atomic E-state index is 6.43. The van der Waals surface area contributed by atoms with E-state index in [2.05, 4.69) is 35.9 Å². The van der Waals surface area contributed by atoms with E-state index in [1.165, 1.54) is 37.8 Å². The molecule has 0 bridgehead atoms. The van der Waals surface area contributed by atoms with Crippen molar-refractivity contribution in [2.45, 2.75) is 64.1 Å².